The molecule has 1 aromatic rings. The summed E-state index contributed by atoms with van der Waals surface area (Å²) in [5, 5.41) is 8.51. The standard InChI is InChI=1S/C15H17FO4/c1-10-2-5-12(20-10)9-19-14-6-3-11(8-13(14)16)4-7-15(17)18/h3-4,6-8,10,12H,2,5,9H2,1H3,(H,17,18)/b7-4+. The third-order valence-electron chi connectivity index (χ3n) is 3.12. The minimum Gasteiger partial charge on any atom is -0.488 e. The molecule has 5 heteroatoms. The van der Waals surface area contributed by atoms with Crippen LogP contribution in [0.25, 0.3) is 6.08 Å². The minimum atomic E-state index is -1.07. The van der Waals surface area contributed by atoms with Crippen LogP contribution >= 0.6 is 0 Å². The van der Waals surface area contributed by atoms with E-state index in [1.807, 2.05) is 6.92 Å². The predicted molar refractivity (Wildman–Crippen MR) is 72.1 cm³/mol. The second-order valence-corrected chi connectivity index (χ2v) is 4.82. The molecule has 2 atom stereocenters. The maximum absolute atomic E-state index is 13.8. The Balaban J connectivity index is 1.94. The van der Waals surface area contributed by atoms with E-state index >= 15 is 0 Å². The first-order valence-electron chi connectivity index (χ1n) is 6.53. The monoisotopic (exact) mass is 280 g/mol. The Hall–Kier alpha value is -1.88. The molecule has 20 heavy (non-hydrogen) atoms. The number of hydrogen-bond acceptors (Lipinski definition) is 3. The highest BCUT2D eigenvalue weighted by atomic mass is 19.1. The number of hydrogen-bond donors (Lipinski definition) is 1. The summed E-state index contributed by atoms with van der Waals surface area (Å²) in [6.07, 6.45) is 4.45. The van der Waals surface area contributed by atoms with E-state index in [0.717, 1.165) is 18.9 Å². The number of rotatable bonds is 5. The Kier molecular flexibility index (Phi) is 4.74. The molecule has 0 bridgehead atoms. The predicted octanol–water partition coefficient (Wildman–Crippen LogP) is 2.87. The van der Waals surface area contributed by atoms with Crippen LogP contribution in [0.3, 0.4) is 0 Å². The molecule has 1 aliphatic heterocycles. The summed E-state index contributed by atoms with van der Waals surface area (Å²) in [6, 6.07) is 4.35. The molecule has 1 aliphatic rings. The molecule has 2 unspecified atom stereocenters. The van der Waals surface area contributed by atoms with Crippen molar-refractivity contribution < 1.29 is 23.8 Å². The van der Waals surface area contributed by atoms with E-state index in [1.165, 1.54) is 18.2 Å². The molecule has 0 radical (unpaired) electrons. The van der Waals surface area contributed by atoms with Crippen LogP contribution in [0, 0.1) is 5.82 Å². The zero-order chi connectivity index (χ0) is 14.5. The van der Waals surface area contributed by atoms with E-state index in [0.29, 0.717) is 12.2 Å². The van der Waals surface area contributed by atoms with Gasteiger partial charge in [-0.15, -0.1) is 0 Å². The number of carbonyl (C=O) groups is 1. The number of carboxylic acids is 1. The van der Waals surface area contributed by atoms with Crippen molar-refractivity contribution in [2.45, 2.75) is 32.0 Å². The van der Waals surface area contributed by atoms with Crippen molar-refractivity contribution in [2.75, 3.05) is 6.61 Å². The average Bonchev–Trinajstić information content (AvgIpc) is 2.81. The third kappa shape index (κ3) is 4.06. The van der Waals surface area contributed by atoms with Gasteiger partial charge in [0.2, 0.25) is 0 Å². The van der Waals surface area contributed by atoms with Crippen molar-refractivity contribution in [3.63, 3.8) is 0 Å². The van der Waals surface area contributed by atoms with E-state index < -0.39 is 11.8 Å². The topological polar surface area (TPSA) is 55.8 Å². The zero-order valence-electron chi connectivity index (χ0n) is 11.2. The molecule has 1 heterocycles. The Morgan fingerprint density at radius 3 is 2.95 bits per heavy atom. The lowest BCUT2D eigenvalue weighted by Crippen LogP contribution is -2.18. The van der Waals surface area contributed by atoms with Crippen molar-refractivity contribution >= 4 is 12.0 Å². The number of carboxylic acid groups (broad SMARTS) is 1. The molecule has 1 saturated heterocycles. The SMILES string of the molecule is CC1CCC(COc2ccc(/C=C/C(=O)O)cc2F)O1. The molecule has 0 aliphatic carbocycles. The summed E-state index contributed by atoms with van der Waals surface area (Å²) in [5.74, 6) is -1.43. The number of ether oxygens (including phenoxy) is 2. The van der Waals surface area contributed by atoms with Crippen LogP contribution in [0.1, 0.15) is 25.3 Å². The Morgan fingerprint density at radius 2 is 2.35 bits per heavy atom. The lowest BCUT2D eigenvalue weighted by molar-refractivity contribution is -0.131. The molecular formula is C15H17FO4. The van der Waals surface area contributed by atoms with Gasteiger partial charge in [0.05, 0.1) is 12.2 Å². The normalized spacial score (nSPS) is 22.3. The molecule has 4 nitrogen and oxygen atoms in total. The summed E-state index contributed by atoms with van der Waals surface area (Å²) >= 11 is 0. The third-order valence-corrected chi connectivity index (χ3v) is 3.12. The van der Waals surface area contributed by atoms with Crippen LogP contribution in [0.15, 0.2) is 24.3 Å². The van der Waals surface area contributed by atoms with Crippen LogP contribution in [0.5, 0.6) is 5.75 Å². The fraction of sp³-hybridized carbons (Fsp3) is 0.400. The van der Waals surface area contributed by atoms with Gasteiger partial charge in [0.25, 0.3) is 0 Å². The van der Waals surface area contributed by atoms with E-state index in [9.17, 15) is 9.18 Å². The smallest absolute Gasteiger partial charge is 0.328 e. The second kappa shape index (κ2) is 6.52. The van der Waals surface area contributed by atoms with Crippen molar-refractivity contribution in [3.8, 4) is 5.75 Å². The van der Waals surface area contributed by atoms with Gasteiger partial charge >= 0.3 is 5.97 Å². The number of aliphatic carboxylic acids is 1. The summed E-state index contributed by atoms with van der Waals surface area (Å²) in [4.78, 5) is 10.4. The fourth-order valence-electron chi connectivity index (χ4n) is 2.10. The van der Waals surface area contributed by atoms with Gasteiger partial charge in [0.1, 0.15) is 6.61 Å². The van der Waals surface area contributed by atoms with Gasteiger partial charge in [-0.25, -0.2) is 9.18 Å². The Bertz CT molecular complexity index is 513. The molecule has 0 amide bonds. The lowest BCUT2D eigenvalue weighted by Gasteiger charge is -2.13. The molecule has 0 spiro atoms. The molecular weight excluding hydrogens is 263 g/mol. The van der Waals surface area contributed by atoms with Gasteiger partial charge in [0.15, 0.2) is 11.6 Å². The highest BCUT2D eigenvalue weighted by Crippen LogP contribution is 2.23. The first kappa shape index (κ1) is 14.5. The maximum atomic E-state index is 13.8. The minimum absolute atomic E-state index is 0.0102. The molecule has 1 N–H and O–H groups in total. The lowest BCUT2D eigenvalue weighted by atomic mass is 10.2. The number of halogens is 1. The van der Waals surface area contributed by atoms with Gasteiger partial charge < -0.3 is 14.6 Å². The fourth-order valence-corrected chi connectivity index (χ4v) is 2.10. The van der Waals surface area contributed by atoms with E-state index in [4.69, 9.17) is 14.6 Å². The molecule has 1 fully saturated rings. The van der Waals surface area contributed by atoms with Crippen LogP contribution in [-0.2, 0) is 9.53 Å². The molecule has 1 aromatic carbocycles. The van der Waals surface area contributed by atoms with E-state index in [2.05, 4.69) is 0 Å². The maximum Gasteiger partial charge on any atom is 0.328 e. The largest absolute Gasteiger partial charge is 0.488 e. The molecule has 2 rings (SSSR count). The molecule has 108 valence electrons. The summed E-state index contributed by atoms with van der Waals surface area (Å²) in [6.45, 7) is 2.33. The van der Waals surface area contributed by atoms with Crippen molar-refractivity contribution in [1.82, 2.24) is 0 Å². The zero-order valence-corrected chi connectivity index (χ0v) is 11.2. The highest BCUT2D eigenvalue weighted by molar-refractivity contribution is 5.85. The van der Waals surface area contributed by atoms with Crippen LogP contribution in [-0.4, -0.2) is 29.9 Å². The van der Waals surface area contributed by atoms with Crippen molar-refractivity contribution in [3.05, 3.63) is 35.7 Å². The summed E-state index contributed by atoms with van der Waals surface area (Å²) in [5.41, 5.74) is 0.475. The summed E-state index contributed by atoms with van der Waals surface area (Å²) in [7, 11) is 0. The van der Waals surface area contributed by atoms with Crippen LogP contribution < -0.4 is 4.74 Å². The van der Waals surface area contributed by atoms with E-state index in [1.54, 1.807) is 6.07 Å². The Morgan fingerprint density at radius 1 is 1.55 bits per heavy atom. The first-order chi connectivity index (χ1) is 9.54. The average molecular weight is 280 g/mol. The van der Waals surface area contributed by atoms with Gasteiger partial charge in [-0.2, -0.15) is 0 Å². The van der Waals surface area contributed by atoms with Gasteiger partial charge in [-0.05, 0) is 43.5 Å². The van der Waals surface area contributed by atoms with Crippen molar-refractivity contribution in [2.24, 2.45) is 0 Å². The van der Waals surface area contributed by atoms with Gasteiger partial charge in [0, 0.05) is 6.08 Å². The summed E-state index contributed by atoms with van der Waals surface area (Å²) < 4.78 is 24.8. The highest BCUT2D eigenvalue weighted by Gasteiger charge is 2.22. The quantitative estimate of drug-likeness (QED) is 0.843. The molecule has 0 aromatic heterocycles. The second-order valence-electron chi connectivity index (χ2n) is 4.82. The Labute approximate surface area is 116 Å². The van der Waals surface area contributed by atoms with Gasteiger partial charge in [-0.3, -0.25) is 0 Å². The van der Waals surface area contributed by atoms with Crippen LogP contribution in [0.4, 0.5) is 4.39 Å². The first-order valence-corrected chi connectivity index (χ1v) is 6.53. The number of benzene rings is 1. The van der Waals surface area contributed by atoms with Crippen molar-refractivity contribution in [1.29, 1.82) is 0 Å². The molecule has 0 saturated carbocycles. The van der Waals surface area contributed by atoms with Gasteiger partial charge in [-0.1, -0.05) is 6.07 Å². The van der Waals surface area contributed by atoms with E-state index in [-0.39, 0.29) is 18.0 Å². The van der Waals surface area contributed by atoms with Crippen LogP contribution in [0.2, 0.25) is 0 Å².